The number of carbonyl (C=O) groups is 2. The van der Waals surface area contributed by atoms with Crippen LogP contribution in [0.15, 0.2) is 17.0 Å². The molecule has 1 heterocycles. The first kappa shape index (κ1) is 29.2. The number of carboxylic acids is 1. The largest absolute Gasteiger partial charge is 0.481 e. The number of carbonyl (C=O) groups excluding carboxylic acids is 1. The molecule has 8 nitrogen and oxygen atoms in total. The maximum Gasteiger partial charge on any atom is 0.306 e. The van der Waals surface area contributed by atoms with Crippen molar-refractivity contribution >= 4 is 33.2 Å². The van der Waals surface area contributed by atoms with Gasteiger partial charge in [0.1, 0.15) is 0 Å². The van der Waals surface area contributed by atoms with Crippen LogP contribution >= 0.6 is 11.3 Å². The van der Waals surface area contributed by atoms with Gasteiger partial charge in [0.2, 0.25) is 10.0 Å². The maximum absolute atomic E-state index is 13.4. The fraction of sp³-hybridized carbons (Fsp3) is 0.633. The molecule has 2 aromatic rings. The van der Waals surface area contributed by atoms with Gasteiger partial charge in [0.25, 0.3) is 5.91 Å². The molecule has 0 aliphatic heterocycles. The SMILES string of the molecule is CC(C)(C)NS(=O)(=O)c1ccc(-c2sc(C(=O)N[C@H]3C[C@H](C(=O)O)C3)nc2CC2CCCCC2)c2c1CCCC2. The molecule has 218 valence electrons. The second kappa shape index (κ2) is 11.5. The number of aromatic nitrogens is 1. The molecule has 3 N–H and O–H groups in total. The van der Waals surface area contributed by atoms with E-state index in [0.29, 0.717) is 35.1 Å². The van der Waals surface area contributed by atoms with Crippen molar-refractivity contribution in [3.63, 3.8) is 0 Å². The van der Waals surface area contributed by atoms with Crippen molar-refractivity contribution in [3.8, 4) is 10.4 Å². The molecule has 0 bridgehead atoms. The molecule has 0 spiro atoms. The smallest absolute Gasteiger partial charge is 0.306 e. The lowest BCUT2D eigenvalue weighted by Crippen LogP contribution is -2.46. The van der Waals surface area contributed by atoms with Gasteiger partial charge < -0.3 is 10.4 Å². The highest BCUT2D eigenvalue weighted by Gasteiger charge is 2.36. The molecule has 10 heteroatoms. The number of amides is 1. The number of aliphatic carboxylic acids is 1. The highest BCUT2D eigenvalue weighted by Crippen LogP contribution is 2.41. The third kappa shape index (κ3) is 6.44. The van der Waals surface area contributed by atoms with E-state index in [4.69, 9.17) is 4.98 Å². The Kier molecular flexibility index (Phi) is 8.42. The molecule has 3 aliphatic rings. The van der Waals surface area contributed by atoms with Crippen molar-refractivity contribution in [3.05, 3.63) is 34.0 Å². The topological polar surface area (TPSA) is 125 Å². The first-order chi connectivity index (χ1) is 18.9. The highest BCUT2D eigenvalue weighted by molar-refractivity contribution is 7.89. The molecular weight excluding hydrogens is 546 g/mol. The zero-order valence-corrected chi connectivity index (χ0v) is 25.3. The highest BCUT2D eigenvalue weighted by atomic mass is 32.2. The number of nitrogens with one attached hydrogen (secondary N) is 2. The minimum absolute atomic E-state index is 0.143. The summed E-state index contributed by atoms with van der Waals surface area (Å²) in [6, 6.07) is 3.51. The summed E-state index contributed by atoms with van der Waals surface area (Å²) in [6.45, 7) is 5.54. The molecule has 0 atom stereocenters. The molecular formula is C30H41N3O5S2. The first-order valence-electron chi connectivity index (χ1n) is 14.6. The van der Waals surface area contributed by atoms with Crippen molar-refractivity contribution in [1.82, 2.24) is 15.0 Å². The van der Waals surface area contributed by atoms with Gasteiger partial charge in [0, 0.05) is 11.6 Å². The monoisotopic (exact) mass is 587 g/mol. The van der Waals surface area contributed by atoms with Crippen molar-refractivity contribution < 1.29 is 23.1 Å². The summed E-state index contributed by atoms with van der Waals surface area (Å²) in [6.07, 6.45) is 11.1. The van der Waals surface area contributed by atoms with Gasteiger partial charge >= 0.3 is 5.97 Å². The standard InChI is InChI=1S/C30H41N3O5S2/c1-30(2,3)33-40(37,38)25-14-13-23(21-11-7-8-12-22(21)25)26-24(15-18-9-5-4-6-10-18)32-28(39-26)27(34)31-20-16-19(17-20)29(35)36/h13-14,18-20,33H,4-12,15-17H2,1-3H3,(H,31,34)(H,35,36)/t19-,20-. The van der Waals surface area contributed by atoms with Gasteiger partial charge in [-0.05, 0) is 94.4 Å². The molecule has 0 saturated heterocycles. The predicted octanol–water partition coefficient (Wildman–Crippen LogP) is 5.48. The Morgan fingerprint density at radius 3 is 2.35 bits per heavy atom. The molecule has 1 aromatic carbocycles. The number of sulfonamides is 1. The Labute approximate surface area is 241 Å². The Balaban J connectivity index is 1.51. The van der Waals surface area contributed by atoms with Crippen molar-refractivity contribution in [1.29, 1.82) is 0 Å². The van der Waals surface area contributed by atoms with Crippen LogP contribution in [0.25, 0.3) is 10.4 Å². The van der Waals surface area contributed by atoms with E-state index in [1.165, 1.54) is 30.6 Å². The molecule has 5 rings (SSSR count). The molecule has 1 aromatic heterocycles. The minimum atomic E-state index is -3.69. The lowest BCUT2D eigenvalue weighted by molar-refractivity contribution is -0.145. The number of carboxylic acid groups (broad SMARTS) is 1. The van der Waals surface area contributed by atoms with Crippen LogP contribution in [0.1, 0.15) is 105 Å². The number of benzene rings is 1. The molecule has 3 aliphatic carbocycles. The summed E-state index contributed by atoms with van der Waals surface area (Å²) in [4.78, 5) is 30.6. The Hall–Kier alpha value is -2.30. The van der Waals surface area contributed by atoms with Crippen LogP contribution in [0, 0.1) is 11.8 Å². The lowest BCUT2D eigenvalue weighted by atomic mass is 9.80. The third-order valence-electron chi connectivity index (χ3n) is 8.39. The summed E-state index contributed by atoms with van der Waals surface area (Å²) >= 11 is 1.38. The fourth-order valence-corrected chi connectivity index (χ4v) is 9.17. The van der Waals surface area contributed by atoms with Crippen molar-refractivity contribution in [2.24, 2.45) is 11.8 Å². The van der Waals surface area contributed by atoms with Gasteiger partial charge in [-0.3, -0.25) is 9.59 Å². The van der Waals surface area contributed by atoms with E-state index in [1.807, 2.05) is 26.8 Å². The number of thiazole rings is 1. The average Bonchev–Trinajstić information content (AvgIpc) is 3.27. The molecule has 1 amide bonds. The zero-order chi connectivity index (χ0) is 28.7. The summed E-state index contributed by atoms with van der Waals surface area (Å²) < 4.78 is 29.6. The van der Waals surface area contributed by atoms with Gasteiger partial charge in [0.15, 0.2) is 5.01 Å². The Bertz CT molecular complexity index is 1380. The summed E-state index contributed by atoms with van der Waals surface area (Å²) in [5, 5.41) is 12.6. The van der Waals surface area contributed by atoms with E-state index in [-0.39, 0.29) is 11.9 Å². The van der Waals surface area contributed by atoms with E-state index in [9.17, 15) is 23.1 Å². The number of hydrogen-bond acceptors (Lipinski definition) is 6. The Morgan fingerprint density at radius 2 is 1.70 bits per heavy atom. The van der Waals surface area contributed by atoms with Crippen LogP contribution in [0.2, 0.25) is 0 Å². The number of hydrogen-bond donors (Lipinski definition) is 3. The molecule has 2 saturated carbocycles. The summed E-state index contributed by atoms with van der Waals surface area (Å²) in [5.74, 6) is -0.935. The van der Waals surface area contributed by atoms with Crippen LogP contribution < -0.4 is 10.0 Å². The number of fused-ring (bicyclic) bond motifs is 1. The predicted molar refractivity (Wildman–Crippen MR) is 156 cm³/mol. The summed E-state index contributed by atoms with van der Waals surface area (Å²) in [7, 11) is -3.69. The minimum Gasteiger partial charge on any atom is -0.481 e. The van der Waals surface area contributed by atoms with Crippen LogP contribution in [0.4, 0.5) is 0 Å². The quantitative estimate of drug-likeness (QED) is 0.376. The number of nitrogens with zero attached hydrogens (tertiary/aromatic N) is 1. The van der Waals surface area contributed by atoms with Crippen LogP contribution in [0.5, 0.6) is 0 Å². The Morgan fingerprint density at radius 1 is 1.02 bits per heavy atom. The van der Waals surface area contributed by atoms with E-state index >= 15 is 0 Å². The molecule has 0 radical (unpaired) electrons. The van der Waals surface area contributed by atoms with Gasteiger partial charge in [-0.25, -0.2) is 18.1 Å². The summed E-state index contributed by atoms with van der Waals surface area (Å²) in [5.41, 5.74) is 3.29. The zero-order valence-electron chi connectivity index (χ0n) is 23.7. The molecule has 40 heavy (non-hydrogen) atoms. The van der Waals surface area contributed by atoms with Crippen LogP contribution in [-0.4, -0.2) is 42.0 Å². The average molecular weight is 588 g/mol. The maximum atomic E-state index is 13.4. The van der Waals surface area contributed by atoms with Gasteiger partial charge in [-0.1, -0.05) is 38.2 Å². The van der Waals surface area contributed by atoms with Gasteiger partial charge in [-0.2, -0.15) is 0 Å². The van der Waals surface area contributed by atoms with Gasteiger partial charge in [0.05, 0.1) is 21.4 Å². The van der Waals surface area contributed by atoms with E-state index in [2.05, 4.69) is 10.0 Å². The lowest BCUT2D eigenvalue weighted by Gasteiger charge is -2.32. The normalized spacial score (nSPS) is 21.9. The van der Waals surface area contributed by atoms with Crippen molar-refractivity contribution in [2.45, 2.75) is 114 Å². The first-order valence-corrected chi connectivity index (χ1v) is 16.9. The van der Waals surface area contributed by atoms with Crippen molar-refractivity contribution in [2.75, 3.05) is 0 Å². The second-order valence-corrected chi connectivity index (χ2v) is 15.5. The van der Waals surface area contributed by atoms with E-state index < -0.39 is 27.4 Å². The number of rotatable bonds is 8. The fourth-order valence-electron chi connectivity index (χ4n) is 6.40. The van der Waals surface area contributed by atoms with Crippen LogP contribution in [-0.2, 0) is 34.1 Å². The van der Waals surface area contributed by atoms with E-state index in [0.717, 1.165) is 65.8 Å². The van der Waals surface area contributed by atoms with Crippen LogP contribution in [0.3, 0.4) is 0 Å². The third-order valence-corrected chi connectivity index (χ3v) is 11.4. The second-order valence-electron chi connectivity index (χ2n) is 12.8. The molecule has 2 fully saturated rings. The molecule has 0 unspecified atom stereocenters. The van der Waals surface area contributed by atoms with Gasteiger partial charge in [-0.15, -0.1) is 11.3 Å². The van der Waals surface area contributed by atoms with E-state index in [1.54, 1.807) is 6.07 Å².